The summed E-state index contributed by atoms with van der Waals surface area (Å²) in [6, 6.07) is -0.0938. The van der Waals surface area contributed by atoms with E-state index >= 15 is 0 Å². The van der Waals surface area contributed by atoms with E-state index < -0.39 is 11.9 Å². The molecule has 8 nitrogen and oxygen atoms in total. The van der Waals surface area contributed by atoms with Crippen LogP contribution in [0.3, 0.4) is 0 Å². The van der Waals surface area contributed by atoms with Gasteiger partial charge < -0.3 is 19.5 Å². The van der Waals surface area contributed by atoms with E-state index in [4.69, 9.17) is 0 Å². The van der Waals surface area contributed by atoms with E-state index in [1.807, 2.05) is 9.47 Å². The van der Waals surface area contributed by atoms with Crippen LogP contribution in [0, 0.1) is 5.92 Å². The molecule has 2 amide bonds. The summed E-state index contributed by atoms with van der Waals surface area (Å²) in [7, 11) is 0. The largest absolute Gasteiger partial charge is 0.481 e. The van der Waals surface area contributed by atoms with E-state index in [0.717, 1.165) is 18.7 Å². The van der Waals surface area contributed by atoms with Crippen LogP contribution < -0.4 is 0 Å². The zero-order chi connectivity index (χ0) is 14.6. The third kappa shape index (κ3) is 1.81. The smallest absolute Gasteiger partial charge is 0.321 e. The number of hydrogen-bond donors (Lipinski definition) is 1. The lowest BCUT2D eigenvalue weighted by Crippen LogP contribution is -2.49. The summed E-state index contributed by atoms with van der Waals surface area (Å²) in [5, 5.41) is 17.2. The first-order chi connectivity index (χ1) is 10.1. The van der Waals surface area contributed by atoms with Gasteiger partial charge in [-0.1, -0.05) is 0 Å². The number of rotatable bonds is 1. The molecule has 0 aromatic carbocycles. The van der Waals surface area contributed by atoms with Crippen molar-refractivity contribution in [2.75, 3.05) is 6.54 Å². The van der Waals surface area contributed by atoms with E-state index in [2.05, 4.69) is 10.2 Å². The molecule has 2 bridgehead atoms. The third-order valence-corrected chi connectivity index (χ3v) is 4.98. The number of carboxylic acid groups (broad SMARTS) is 1. The van der Waals surface area contributed by atoms with Crippen molar-refractivity contribution in [1.29, 1.82) is 0 Å². The second-order valence-electron chi connectivity index (χ2n) is 6.03. The van der Waals surface area contributed by atoms with Crippen LogP contribution in [-0.4, -0.2) is 60.3 Å². The highest BCUT2D eigenvalue weighted by Gasteiger charge is 2.52. The molecule has 3 aliphatic heterocycles. The number of aliphatic carboxylic acids is 1. The predicted molar refractivity (Wildman–Crippen MR) is 70.2 cm³/mol. The molecule has 4 heterocycles. The van der Waals surface area contributed by atoms with Crippen molar-refractivity contribution in [1.82, 2.24) is 24.6 Å². The van der Waals surface area contributed by atoms with E-state index in [-0.39, 0.29) is 18.1 Å². The Morgan fingerprint density at radius 1 is 1.29 bits per heavy atom. The van der Waals surface area contributed by atoms with Gasteiger partial charge in [0.15, 0.2) is 5.82 Å². The maximum absolute atomic E-state index is 12.8. The Bertz CT molecular complexity index is 600. The summed E-state index contributed by atoms with van der Waals surface area (Å²) in [4.78, 5) is 27.6. The first-order valence-corrected chi connectivity index (χ1v) is 7.32. The highest BCUT2D eigenvalue weighted by Crippen LogP contribution is 2.42. The molecule has 3 unspecified atom stereocenters. The molecule has 2 saturated heterocycles. The normalized spacial score (nSPS) is 30.6. The lowest BCUT2D eigenvalue weighted by Gasteiger charge is -2.33. The van der Waals surface area contributed by atoms with E-state index in [1.165, 1.54) is 0 Å². The van der Waals surface area contributed by atoms with Gasteiger partial charge in [-0.25, -0.2) is 4.79 Å². The van der Waals surface area contributed by atoms with Crippen molar-refractivity contribution in [3.63, 3.8) is 0 Å². The summed E-state index contributed by atoms with van der Waals surface area (Å²) in [6.07, 6.45) is 3.99. The van der Waals surface area contributed by atoms with Crippen molar-refractivity contribution in [2.24, 2.45) is 5.92 Å². The molecule has 112 valence electrons. The molecule has 1 aromatic heterocycles. The van der Waals surface area contributed by atoms with E-state index in [1.54, 1.807) is 11.2 Å². The Morgan fingerprint density at radius 3 is 2.90 bits per heavy atom. The summed E-state index contributed by atoms with van der Waals surface area (Å²) in [6.45, 7) is 1.77. The first-order valence-electron chi connectivity index (χ1n) is 7.32. The second kappa shape index (κ2) is 4.44. The van der Waals surface area contributed by atoms with Crippen LogP contribution in [0.2, 0.25) is 0 Å². The van der Waals surface area contributed by atoms with Gasteiger partial charge in [0.05, 0.1) is 12.5 Å². The Kier molecular flexibility index (Phi) is 2.66. The molecule has 8 heteroatoms. The molecular weight excluding hydrogens is 274 g/mol. The third-order valence-electron chi connectivity index (χ3n) is 4.98. The fourth-order valence-electron chi connectivity index (χ4n) is 3.95. The molecule has 4 rings (SSSR count). The van der Waals surface area contributed by atoms with Crippen molar-refractivity contribution >= 4 is 12.0 Å². The SMILES string of the molecule is O=C(O)C1CC2CCC1N2C(=O)N1CCn2cnnc2C1. The Balaban J connectivity index is 1.53. The maximum Gasteiger partial charge on any atom is 0.321 e. The molecular formula is C13H17N5O3. The zero-order valence-electron chi connectivity index (χ0n) is 11.6. The van der Waals surface area contributed by atoms with Gasteiger partial charge in [0.2, 0.25) is 0 Å². The minimum absolute atomic E-state index is 0.0412. The number of aromatic nitrogens is 3. The number of carboxylic acids is 1. The molecule has 1 N–H and O–H groups in total. The molecule has 3 aliphatic rings. The quantitative estimate of drug-likeness (QED) is 0.795. The fraction of sp³-hybridized carbons (Fsp3) is 0.692. The van der Waals surface area contributed by atoms with Crippen LogP contribution in [0.15, 0.2) is 6.33 Å². The van der Waals surface area contributed by atoms with Gasteiger partial charge in [-0.15, -0.1) is 10.2 Å². The highest BCUT2D eigenvalue weighted by atomic mass is 16.4. The highest BCUT2D eigenvalue weighted by molar-refractivity contribution is 5.79. The first kappa shape index (κ1) is 12.6. The van der Waals surface area contributed by atoms with Crippen LogP contribution >= 0.6 is 0 Å². The zero-order valence-corrected chi connectivity index (χ0v) is 11.6. The number of nitrogens with zero attached hydrogens (tertiary/aromatic N) is 5. The van der Waals surface area contributed by atoms with Crippen LogP contribution in [0.1, 0.15) is 25.1 Å². The molecule has 1 aromatic rings. The average molecular weight is 291 g/mol. The van der Waals surface area contributed by atoms with Gasteiger partial charge in [0.25, 0.3) is 0 Å². The minimum atomic E-state index is -0.779. The van der Waals surface area contributed by atoms with Crippen LogP contribution in [0.5, 0.6) is 0 Å². The topological polar surface area (TPSA) is 91.6 Å². The molecule has 0 spiro atoms. The van der Waals surface area contributed by atoms with Gasteiger partial charge in [0.1, 0.15) is 6.33 Å². The van der Waals surface area contributed by atoms with Gasteiger partial charge in [-0.3, -0.25) is 4.79 Å². The van der Waals surface area contributed by atoms with E-state index in [9.17, 15) is 14.7 Å². The lowest BCUT2D eigenvalue weighted by atomic mass is 9.89. The fourth-order valence-corrected chi connectivity index (χ4v) is 3.95. The van der Waals surface area contributed by atoms with Crippen molar-refractivity contribution in [2.45, 2.75) is 44.4 Å². The maximum atomic E-state index is 12.8. The predicted octanol–water partition coefficient (Wildman–Crippen LogP) is 0.151. The summed E-state index contributed by atoms with van der Waals surface area (Å²) in [5.41, 5.74) is 0. The monoisotopic (exact) mass is 291 g/mol. The minimum Gasteiger partial charge on any atom is -0.481 e. The summed E-state index contributed by atoms with van der Waals surface area (Å²) in [5.74, 6) is -0.393. The Morgan fingerprint density at radius 2 is 2.14 bits per heavy atom. The standard InChI is InChI=1S/C13H17N5O3/c19-12(20)9-5-8-1-2-10(9)18(8)13(21)16-3-4-17-7-14-15-11(17)6-16/h7-10H,1-6H2,(H,19,20). The Labute approximate surface area is 121 Å². The Hall–Kier alpha value is -2.12. The van der Waals surface area contributed by atoms with Crippen molar-refractivity contribution < 1.29 is 14.7 Å². The van der Waals surface area contributed by atoms with Gasteiger partial charge in [-0.2, -0.15) is 0 Å². The van der Waals surface area contributed by atoms with Crippen molar-refractivity contribution in [3.8, 4) is 0 Å². The van der Waals surface area contributed by atoms with Crippen molar-refractivity contribution in [3.05, 3.63) is 12.2 Å². The number of urea groups is 1. The number of amides is 2. The number of carbonyl (C=O) groups is 2. The number of carbonyl (C=O) groups excluding carboxylic acids is 1. The summed E-state index contributed by atoms with van der Waals surface area (Å²) < 4.78 is 1.95. The molecule has 0 aliphatic carbocycles. The van der Waals surface area contributed by atoms with E-state index in [0.29, 0.717) is 26.1 Å². The van der Waals surface area contributed by atoms with Crippen LogP contribution in [0.4, 0.5) is 4.79 Å². The van der Waals surface area contributed by atoms with Gasteiger partial charge >= 0.3 is 12.0 Å². The number of fused-ring (bicyclic) bond motifs is 3. The summed E-state index contributed by atoms with van der Waals surface area (Å²) >= 11 is 0. The van der Waals surface area contributed by atoms with Crippen LogP contribution in [0.25, 0.3) is 0 Å². The van der Waals surface area contributed by atoms with Crippen LogP contribution in [-0.2, 0) is 17.9 Å². The van der Waals surface area contributed by atoms with Gasteiger partial charge in [0, 0.05) is 25.2 Å². The molecule has 0 radical (unpaired) electrons. The molecule has 3 atom stereocenters. The average Bonchev–Trinajstić information content (AvgIpc) is 3.19. The van der Waals surface area contributed by atoms with Gasteiger partial charge in [-0.05, 0) is 19.3 Å². The molecule has 0 saturated carbocycles. The molecule has 2 fully saturated rings. The number of hydrogen-bond acceptors (Lipinski definition) is 4. The second-order valence-corrected chi connectivity index (χ2v) is 6.03. The molecule has 21 heavy (non-hydrogen) atoms. The lowest BCUT2D eigenvalue weighted by molar-refractivity contribution is -0.142.